The Bertz CT molecular complexity index is 852. The summed E-state index contributed by atoms with van der Waals surface area (Å²) in [6, 6.07) is -1.13. The highest BCUT2D eigenvalue weighted by Gasteiger charge is 2.20. The Morgan fingerprint density at radius 3 is 1.48 bits per heavy atom. The first kappa shape index (κ1) is 45.1. The summed E-state index contributed by atoms with van der Waals surface area (Å²) in [6.07, 6.45) is 12.8. The van der Waals surface area contributed by atoms with E-state index >= 15 is 0 Å². The monoisotopic (exact) mass is 693 g/mol. The first-order chi connectivity index (χ1) is 23.3. The molecule has 0 aromatic heterocycles. The van der Waals surface area contributed by atoms with E-state index in [2.05, 4.69) is 16.0 Å². The molecular formula is C33H60FN3O11. The zero-order valence-corrected chi connectivity index (χ0v) is 28.6. The SMILES string of the molecule is O=C(O)CCCCCCCCCCCCCCC(=O)NC(CCC(=O)NCCOCCOCC(=O)NCCOCCOCCF)C(=O)O. The molecular weight excluding hydrogens is 633 g/mol. The molecule has 1 atom stereocenters. The van der Waals surface area contributed by atoms with Gasteiger partial charge in [0.2, 0.25) is 17.7 Å². The van der Waals surface area contributed by atoms with E-state index in [9.17, 15) is 33.5 Å². The van der Waals surface area contributed by atoms with E-state index in [1.54, 1.807) is 0 Å². The standard InChI is InChI=1S/C33H60FN3O11/c34-17-20-45-23-24-46-22-19-36-31(40)27-48-26-25-47-21-18-35-29(38)16-15-28(33(43)44)37-30(39)13-11-9-7-5-3-1-2-4-6-8-10-12-14-32(41)42/h28H,1-27H2,(H,35,38)(H,36,40)(H,37,39)(H,41,42)(H,43,44). The van der Waals surface area contributed by atoms with Gasteiger partial charge >= 0.3 is 11.9 Å². The fraction of sp³-hybridized carbons (Fsp3) is 0.848. The fourth-order valence-electron chi connectivity index (χ4n) is 4.55. The molecule has 3 amide bonds. The number of carboxylic acid groups (broad SMARTS) is 2. The molecule has 0 aliphatic heterocycles. The summed E-state index contributed by atoms with van der Waals surface area (Å²) in [5, 5.41) is 25.9. The number of hydrogen-bond acceptors (Lipinski definition) is 9. The van der Waals surface area contributed by atoms with Crippen molar-refractivity contribution in [3.05, 3.63) is 0 Å². The fourth-order valence-corrected chi connectivity index (χ4v) is 4.55. The number of rotatable bonds is 36. The van der Waals surface area contributed by atoms with E-state index in [-0.39, 0.29) is 83.0 Å². The Morgan fingerprint density at radius 2 is 0.979 bits per heavy atom. The number of unbranched alkanes of at least 4 members (excludes halogenated alkanes) is 11. The highest BCUT2D eigenvalue weighted by molar-refractivity contribution is 5.84. The van der Waals surface area contributed by atoms with Crippen LogP contribution in [0.15, 0.2) is 0 Å². The average Bonchev–Trinajstić information content (AvgIpc) is 3.05. The van der Waals surface area contributed by atoms with Crippen molar-refractivity contribution in [3.63, 3.8) is 0 Å². The van der Waals surface area contributed by atoms with Crippen molar-refractivity contribution in [2.75, 3.05) is 72.6 Å². The Labute approximate surface area is 284 Å². The molecule has 0 aromatic rings. The van der Waals surface area contributed by atoms with E-state index in [0.717, 1.165) is 51.4 Å². The molecule has 0 saturated carbocycles. The molecule has 280 valence electrons. The van der Waals surface area contributed by atoms with E-state index in [4.69, 9.17) is 24.1 Å². The topological polar surface area (TPSA) is 199 Å². The van der Waals surface area contributed by atoms with Crippen molar-refractivity contribution >= 4 is 29.7 Å². The Balaban J connectivity index is 3.68. The smallest absolute Gasteiger partial charge is 0.326 e. The lowest BCUT2D eigenvalue weighted by atomic mass is 10.0. The summed E-state index contributed by atoms with van der Waals surface area (Å²) >= 11 is 0. The zero-order valence-electron chi connectivity index (χ0n) is 28.6. The molecule has 15 heteroatoms. The summed E-state index contributed by atoms with van der Waals surface area (Å²) in [5.41, 5.74) is 0. The molecule has 14 nitrogen and oxygen atoms in total. The number of alkyl halides is 1. The van der Waals surface area contributed by atoms with E-state index in [0.29, 0.717) is 32.8 Å². The minimum atomic E-state index is -1.18. The molecule has 0 aliphatic carbocycles. The molecule has 48 heavy (non-hydrogen) atoms. The van der Waals surface area contributed by atoms with Crippen LogP contribution in [0.25, 0.3) is 0 Å². The van der Waals surface area contributed by atoms with Gasteiger partial charge in [-0.05, 0) is 19.3 Å². The number of halogens is 1. The number of amides is 3. The molecule has 5 N–H and O–H groups in total. The Hall–Kier alpha value is -2.88. The second-order valence-electron chi connectivity index (χ2n) is 11.4. The van der Waals surface area contributed by atoms with Gasteiger partial charge in [-0.1, -0.05) is 64.2 Å². The predicted octanol–water partition coefficient (Wildman–Crippen LogP) is 3.15. The Morgan fingerprint density at radius 1 is 0.521 bits per heavy atom. The van der Waals surface area contributed by atoms with Crippen LogP contribution in [0.3, 0.4) is 0 Å². The first-order valence-electron chi connectivity index (χ1n) is 17.4. The summed E-state index contributed by atoms with van der Waals surface area (Å²) in [7, 11) is 0. The van der Waals surface area contributed by atoms with Gasteiger partial charge in [0.15, 0.2) is 0 Å². The van der Waals surface area contributed by atoms with Crippen LogP contribution in [0, 0.1) is 0 Å². The van der Waals surface area contributed by atoms with E-state index < -0.39 is 24.7 Å². The van der Waals surface area contributed by atoms with Crippen LogP contribution in [-0.2, 0) is 42.9 Å². The highest BCUT2D eigenvalue weighted by atomic mass is 19.1. The van der Waals surface area contributed by atoms with Gasteiger partial charge < -0.3 is 45.1 Å². The van der Waals surface area contributed by atoms with Crippen molar-refractivity contribution in [3.8, 4) is 0 Å². The van der Waals surface area contributed by atoms with Crippen molar-refractivity contribution in [1.29, 1.82) is 0 Å². The largest absolute Gasteiger partial charge is 0.481 e. The zero-order chi connectivity index (χ0) is 35.5. The lowest BCUT2D eigenvalue weighted by Crippen LogP contribution is -2.41. The van der Waals surface area contributed by atoms with Crippen LogP contribution in [0.1, 0.15) is 103 Å². The molecule has 0 saturated heterocycles. The quantitative estimate of drug-likeness (QED) is 0.0604. The van der Waals surface area contributed by atoms with Gasteiger partial charge in [-0.2, -0.15) is 0 Å². The molecule has 0 aliphatic rings. The number of carbonyl (C=O) groups excluding carboxylic acids is 3. The highest BCUT2D eigenvalue weighted by Crippen LogP contribution is 2.13. The lowest BCUT2D eigenvalue weighted by Gasteiger charge is -2.14. The van der Waals surface area contributed by atoms with Gasteiger partial charge in [0, 0.05) is 32.4 Å². The van der Waals surface area contributed by atoms with Crippen LogP contribution in [-0.4, -0.2) is 119 Å². The molecule has 0 spiro atoms. The van der Waals surface area contributed by atoms with Crippen LogP contribution in [0.2, 0.25) is 0 Å². The second-order valence-corrected chi connectivity index (χ2v) is 11.4. The number of nitrogens with one attached hydrogen (secondary N) is 3. The van der Waals surface area contributed by atoms with Crippen molar-refractivity contribution < 1.29 is 57.5 Å². The number of carboxylic acids is 2. The Kier molecular flexibility index (Phi) is 32.0. The van der Waals surface area contributed by atoms with Gasteiger partial charge in [-0.25, -0.2) is 9.18 Å². The third kappa shape index (κ3) is 33.0. The second kappa shape index (κ2) is 34.0. The normalized spacial score (nSPS) is 11.6. The summed E-state index contributed by atoms with van der Waals surface area (Å²) < 4.78 is 32.6. The average molecular weight is 694 g/mol. The third-order valence-corrected chi connectivity index (χ3v) is 7.17. The maximum atomic E-state index is 12.2. The number of ether oxygens (including phenoxy) is 4. The molecule has 0 radical (unpaired) electrons. The summed E-state index contributed by atoms with van der Waals surface area (Å²) in [6.45, 7) is 1.43. The maximum absolute atomic E-state index is 12.2. The molecule has 0 fully saturated rings. The number of carbonyl (C=O) groups is 5. The molecule has 0 heterocycles. The van der Waals surface area contributed by atoms with Crippen molar-refractivity contribution in [2.24, 2.45) is 0 Å². The molecule has 0 rings (SSSR count). The van der Waals surface area contributed by atoms with Gasteiger partial charge in [0.25, 0.3) is 0 Å². The summed E-state index contributed by atoms with van der Waals surface area (Å²) in [5.74, 6) is -2.89. The van der Waals surface area contributed by atoms with Gasteiger partial charge in [0.1, 0.15) is 19.3 Å². The number of hydrogen-bond donors (Lipinski definition) is 5. The van der Waals surface area contributed by atoms with Crippen molar-refractivity contribution in [2.45, 2.75) is 109 Å². The lowest BCUT2D eigenvalue weighted by molar-refractivity contribution is -0.142. The molecule has 0 bridgehead atoms. The van der Waals surface area contributed by atoms with E-state index in [1.807, 2.05) is 0 Å². The van der Waals surface area contributed by atoms with Crippen LogP contribution in [0.5, 0.6) is 0 Å². The van der Waals surface area contributed by atoms with Crippen LogP contribution < -0.4 is 16.0 Å². The first-order valence-corrected chi connectivity index (χ1v) is 17.4. The van der Waals surface area contributed by atoms with E-state index in [1.165, 1.54) is 19.3 Å². The molecule has 1 unspecified atom stereocenters. The summed E-state index contributed by atoms with van der Waals surface area (Å²) in [4.78, 5) is 58.0. The minimum Gasteiger partial charge on any atom is -0.481 e. The van der Waals surface area contributed by atoms with Crippen LogP contribution >= 0.6 is 0 Å². The predicted molar refractivity (Wildman–Crippen MR) is 176 cm³/mol. The van der Waals surface area contributed by atoms with Crippen molar-refractivity contribution in [1.82, 2.24) is 16.0 Å². The van der Waals surface area contributed by atoms with Gasteiger partial charge in [-0.15, -0.1) is 0 Å². The minimum absolute atomic E-state index is 0.0208. The molecule has 0 aromatic carbocycles. The number of aliphatic carboxylic acids is 2. The van der Waals surface area contributed by atoms with Crippen LogP contribution in [0.4, 0.5) is 4.39 Å². The van der Waals surface area contributed by atoms with Gasteiger partial charge in [-0.3, -0.25) is 19.2 Å². The third-order valence-electron chi connectivity index (χ3n) is 7.17. The maximum Gasteiger partial charge on any atom is 0.326 e. The van der Waals surface area contributed by atoms with Gasteiger partial charge in [0.05, 0.1) is 46.2 Å².